The third kappa shape index (κ3) is 2.45. The number of fused-ring (bicyclic) bond motifs is 1. The van der Waals surface area contributed by atoms with Crippen molar-refractivity contribution in [2.75, 3.05) is 13.1 Å². The molecule has 3 fully saturated rings. The molecule has 3 atom stereocenters. The Balaban J connectivity index is 1.68. The molecule has 2 saturated carbocycles. The second-order valence-corrected chi connectivity index (χ2v) is 7.11. The van der Waals surface area contributed by atoms with Gasteiger partial charge < -0.3 is 15.1 Å². The fourth-order valence-corrected chi connectivity index (χ4v) is 4.65. The van der Waals surface area contributed by atoms with E-state index in [9.17, 15) is 19.8 Å². The van der Waals surface area contributed by atoms with Crippen molar-refractivity contribution in [3.63, 3.8) is 0 Å². The summed E-state index contributed by atoms with van der Waals surface area (Å²) in [5.74, 6) is -0.880. The van der Waals surface area contributed by atoms with Gasteiger partial charge in [0.1, 0.15) is 6.10 Å². The first-order chi connectivity index (χ1) is 10.0. The summed E-state index contributed by atoms with van der Waals surface area (Å²) in [6.07, 6.45) is 6.71. The summed E-state index contributed by atoms with van der Waals surface area (Å²) < 4.78 is 0. The van der Waals surface area contributed by atoms with Crippen LogP contribution in [0.25, 0.3) is 0 Å². The number of carbonyl (C=O) groups is 2. The fraction of sp³-hybridized carbons (Fsp3) is 0.875. The first-order valence-electron chi connectivity index (χ1n) is 8.25. The zero-order chi connectivity index (χ0) is 15.0. The lowest BCUT2D eigenvalue weighted by Gasteiger charge is -2.29. The van der Waals surface area contributed by atoms with Crippen molar-refractivity contribution in [3.8, 4) is 0 Å². The quantitative estimate of drug-likeness (QED) is 0.829. The summed E-state index contributed by atoms with van der Waals surface area (Å²) in [6.45, 7) is 0.796. The maximum Gasteiger partial charge on any atom is 0.311 e. The maximum atomic E-state index is 12.5. The van der Waals surface area contributed by atoms with Crippen molar-refractivity contribution in [3.05, 3.63) is 0 Å². The van der Waals surface area contributed by atoms with Crippen LogP contribution in [0.1, 0.15) is 51.4 Å². The van der Waals surface area contributed by atoms with Crippen molar-refractivity contribution >= 4 is 11.9 Å². The van der Waals surface area contributed by atoms with Gasteiger partial charge in [0, 0.05) is 13.1 Å². The van der Waals surface area contributed by atoms with Gasteiger partial charge in [-0.3, -0.25) is 9.59 Å². The van der Waals surface area contributed by atoms with Gasteiger partial charge in [-0.25, -0.2) is 0 Å². The van der Waals surface area contributed by atoms with Crippen LogP contribution in [-0.2, 0) is 9.59 Å². The van der Waals surface area contributed by atoms with E-state index >= 15 is 0 Å². The highest BCUT2D eigenvalue weighted by molar-refractivity contribution is 5.84. The summed E-state index contributed by atoms with van der Waals surface area (Å²) >= 11 is 0. The number of hydrogen-bond acceptors (Lipinski definition) is 3. The average molecular weight is 295 g/mol. The van der Waals surface area contributed by atoms with Crippen molar-refractivity contribution in [1.29, 1.82) is 0 Å². The number of amides is 1. The molecule has 0 aromatic rings. The molecule has 1 unspecified atom stereocenters. The van der Waals surface area contributed by atoms with E-state index in [4.69, 9.17) is 0 Å². The van der Waals surface area contributed by atoms with Gasteiger partial charge in [-0.1, -0.05) is 25.7 Å². The van der Waals surface area contributed by atoms with Gasteiger partial charge in [-0.05, 0) is 37.5 Å². The van der Waals surface area contributed by atoms with Gasteiger partial charge >= 0.3 is 5.97 Å². The molecular formula is C16H25NO4. The van der Waals surface area contributed by atoms with Crippen LogP contribution in [0.4, 0.5) is 0 Å². The van der Waals surface area contributed by atoms with Crippen LogP contribution in [-0.4, -0.2) is 46.2 Å². The Morgan fingerprint density at radius 2 is 1.81 bits per heavy atom. The van der Waals surface area contributed by atoms with E-state index in [0.29, 0.717) is 13.0 Å². The molecule has 1 aliphatic heterocycles. The number of likely N-dealkylation sites (tertiary alicyclic amines) is 1. The van der Waals surface area contributed by atoms with Crippen LogP contribution in [0.2, 0.25) is 0 Å². The molecule has 3 rings (SSSR count). The lowest BCUT2D eigenvalue weighted by molar-refractivity contribution is -0.150. The molecular weight excluding hydrogens is 270 g/mol. The van der Waals surface area contributed by atoms with Crippen molar-refractivity contribution < 1.29 is 19.8 Å². The number of aliphatic hydroxyl groups is 1. The molecule has 0 spiro atoms. The predicted octanol–water partition coefficient (Wildman–Crippen LogP) is 1.64. The van der Waals surface area contributed by atoms with Crippen LogP contribution in [0, 0.1) is 17.3 Å². The van der Waals surface area contributed by atoms with Crippen LogP contribution in [0.15, 0.2) is 0 Å². The summed E-state index contributed by atoms with van der Waals surface area (Å²) in [7, 11) is 0. The molecule has 0 aromatic carbocycles. The largest absolute Gasteiger partial charge is 0.481 e. The highest BCUT2D eigenvalue weighted by atomic mass is 16.4. The molecule has 2 aliphatic carbocycles. The van der Waals surface area contributed by atoms with E-state index in [-0.39, 0.29) is 24.3 Å². The molecule has 0 radical (unpaired) electrons. The molecule has 0 aromatic heterocycles. The first-order valence-corrected chi connectivity index (χ1v) is 8.25. The zero-order valence-corrected chi connectivity index (χ0v) is 12.5. The van der Waals surface area contributed by atoms with Crippen LogP contribution in [0.3, 0.4) is 0 Å². The Labute approximate surface area is 125 Å². The van der Waals surface area contributed by atoms with Gasteiger partial charge in [-0.15, -0.1) is 0 Å². The third-order valence-electron chi connectivity index (χ3n) is 5.96. The van der Waals surface area contributed by atoms with E-state index in [2.05, 4.69) is 0 Å². The number of carbonyl (C=O) groups excluding carboxylic acids is 1. The van der Waals surface area contributed by atoms with Crippen LogP contribution in [0.5, 0.6) is 0 Å². The second-order valence-electron chi connectivity index (χ2n) is 7.11. The number of hydrogen-bond donors (Lipinski definition) is 2. The minimum absolute atomic E-state index is 0.0625. The lowest BCUT2D eigenvalue weighted by Crippen LogP contribution is -2.44. The van der Waals surface area contributed by atoms with E-state index in [0.717, 1.165) is 38.5 Å². The summed E-state index contributed by atoms with van der Waals surface area (Å²) in [4.78, 5) is 25.8. The minimum atomic E-state index is -0.935. The third-order valence-corrected chi connectivity index (χ3v) is 5.96. The summed E-state index contributed by atoms with van der Waals surface area (Å²) in [5, 5.41) is 19.9. The second kappa shape index (κ2) is 5.59. The van der Waals surface area contributed by atoms with Crippen molar-refractivity contribution in [1.82, 2.24) is 4.90 Å². The van der Waals surface area contributed by atoms with Gasteiger partial charge in [0.25, 0.3) is 5.91 Å². The molecule has 1 saturated heterocycles. The standard InChI is InChI=1S/C16H25NO4/c18-13(11-5-2-1-3-6-11)14(19)17-9-12-7-4-8-16(12,10-17)15(20)21/h11-13,18H,1-10H2,(H,20,21)/t12-,13?,16+/m0/s1. The molecule has 118 valence electrons. The topological polar surface area (TPSA) is 77.8 Å². The van der Waals surface area contributed by atoms with Crippen molar-refractivity contribution in [2.45, 2.75) is 57.5 Å². The molecule has 5 heteroatoms. The molecule has 1 amide bonds. The average Bonchev–Trinajstić information content (AvgIpc) is 3.04. The monoisotopic (exact) mass is 295 g/mol. The van der Waals surface area contributed by atoms with Gasteiger partial charge in [-0.2, -0.15) is 0 Å². The van der Waals surface area contributed by atoms with Gasteiger partial charge in [0.05, 0.1) is 5.41 Å². The Kier molecular flexibility index (Phi) is 3.95. The van der Waals surface area contributed by atoms with E-state index in [1.807, 2.05) is 0 Å². The van der Waals surface area contributed by atoms with E-state index in [1.165, 1.54) is 6.42 Å². The summed E-state index contributed by atoms with van der Waals surface area (Å²) in [6, 6.07) is 0. The maximum absolute atomic E-state index is 12.5. The predicted molar refractivity (Wildman–Crippen MR) is 76.6 cm³/mol. The lowest BCUT2D eigenvalue weighted by atomic mass is 9.81. The molecule has 3 aliphatic rings. The Bertz CT molecular complexity index is 432. The number of nitrogens with zero attached hydrogens (tertiary/aromatic N) is 1. The smallest absolute Gasteiger partial charge is 0.311 e. The number of aliphatic carboxylic acids is 1. The minimum Gasteiger partial charge on any atom is -0.481 e. The highest BCUT2D eigenvalue weighted by Gasteiger charge is 2.56. The SMILES string of the molecule is O=C(C(O)C1CCCCC1)N1C[C@@H]2CCC[C@@]2(C(=O)O)C1. The normalized spacial score (nSPS) is 34.7. The fourth-order valence-electron chi connectivity index (χ4n) is 4.65. The number of rotatable bonds is 3. The van der Waals surface area contributed by atoms with Crippen LogP contribution >= 0.6 is 0 Å². The van der Waals surface area contributed by atoms with Crippen LogP contribution < -0.4 is 0 Å². The Hall–Kier alpha value is -1.10. The molecule has 2 N–H and O–H groups in total. The Morgan fingerprint density at radius 1 is 1.10 bits per heavy atom. The Morgan fingerprint density at radius 3 is 2.43 bits per heavy atom. The first kappa shape index (κ1) is 14.8. The van der Waals surface area contributed by atoms with E-state index < -0.39 is 17.5 Å². The van der Waals surface area contributed by atoms with E-state index in [1.54, 1.807) is 4.90 Å². The molecule has 1 heterocycles. The molecule has 21 heavy (non-hydrogen) atoms. The number of carboxylic acid groups (broad SMARTS) is 1. The van der Waals surface area contributed by atoms with Gasteiger partial charge in [0.15, 0.2) is 0 Å². The molecule has 0 bridgehead atoms. The summed E-state index contributed by atoms with van der Waals surface area (Å²) in [5.41, 5.74) is -0.748. The highest BCUT2D eigenvalue weighted by Crippen LogP contribution is 2.49. The number of aliphatic hydroxyl groups excluding tert-OH is 1. The van der Waals surface area contributed by atoms with Gasteiger partial charge in [0.2, 0.25) is 0 Å². The van der Waals surface area contributed by atoms with Crippen molar-refractivity contribution in [2.24, 2.45) is 17.3 Å². The molecule has 5 nitrogen and oxygen atoms in total. The number of carboxylic acids is 1. The zero-order valence-electron chi connectivity index (χ0n) is 12.5.